The standard InChI is InChI=1S/C8H14N4/c1-7-8-2-10-4-12(8)5-9(1)3-11(7)6-10/h7-8H,1-6H2. The molecule has 4 bridgehead atoms. The summed E-state index contributed by atoms with van der Waals surface area (Å²) in [6.07, 6.45) is 0. The second-order valence-electron chi connectivity index (χ2n) is 4.58. The van der Waals surface area contributed by atoms with Crippen molar-refractivity contribution >= 4 is 0 Å². The molecular formula is C8H14N4. The summed E-state index contributed by atoms with van der Waals surface area (Å²) in [6.45, 7) is 7.52. The fourth-order valence-corrected chi connectivity index (χ4v) is 3.35. The average molecular weight is 166 g/mol. The average Bonchev–Trinajstić information content (AvgIpc) is 2.55. The minimum atomic E-state index is 0.859. The summed E-state index contributed by atoms with van der Waals surface area (Å²) in [5.74, 6) is 0. The topological polar surface area (TPSA) is 13.0 Å². The van der Waals surface area contributed by atoms with Crippen molar-refractivity contribution in [2.24, 2.45) is 0 Å². The molecule has 0 radical (unpaired) electrons. The molecule has 12 heavy (non-hydrogen) atoms. The second-order valence-corrected chi connectivity index (χ2v) is 4.58. The summed E-state index contributed by atoms with van der Waals surface area (Å²) in [5.41, 5.74) is 0. The van der Waals surface area contributed by atoms with E-state index in [0.717, 1.165) is 12.1 Å². The van der Waals surface area contributed by atoms with Gasteiger partial charge in [0.15, 0.2) is 0 Å². The van der Waals surface area contributed by atoms with Crippen molar-refractivity contribution in [3.05, 3.63) is 0 Å². The lowest BCUT2D eigenvalue weighted by atomic mass is 10.1. The van der Waals surface area contributed by atoms with E-state index in [9.17, 15) is 0 Å². The molecule has 4 heteroatoms. The van der Waals surface area contributed by atoms with Gasteiger partial charge in [0, 0.05) is 25.2 Å². The van der Waals surface area contributed by atoms with Crippen molar-refractivity contribution in [3.63, 3.8) is 0 Å². The van der Waals surface area contributed by atoms with Crippen LogP contribution in [0, 0.1) is 0 Å². The first-order chi connectivity index (χ1) is 5.90. The van der Waals surface area contributed by atoms with Crippen LogP contribution >= 0.6 is 0 Å². The highest BCUT2D eigenvalue weighted by Gasteiger charge is 2.51. The number of fused-ring (bicyclic) bond motifs is 2. The van der Waals surface area contributed by atoms with Gasteiger partial charge in [0.2, 0.25) is 0 Å². The van der Waals surface area contributed by atoms with E-state index >= 15 is 0 Å². The van der Waals surface area contributed by atoms with Gasteiger partial charge in [-0.15, -0.1) is 0 Å². The molecule has 0 saturated carbocycles. The molecule has 4 rings (SSSR count). The predicted octanol–water partition coefficient (Wildman–Crippen LogP) is -1.18. The van der Waals surface area contributed by atoms with Gasteiger partial charge in [0.25, 0.3) is 0 Å². The minimum absolute atomic E-state index is 0.859. The molecule has 4 aliphatic rings. The molecule has 0 amide bonds. The molecule has 0 aromatic heterocycles. The Balaban J connectivity index is 1.82. The summed E-state index contributed by atoms with van der Waals surface area (Å²) in [6, 6.07) is 1.72. The lowest BCUT2D eigenvalue weighted by Gasteiger charge is -2.37. The molecule has 0 N–H and O–H groups in total. The monoisotopic (exact) mass is 166 g/mol. The first-order valence-corrected chi connectivity index (χ1v) is 4.83. The largest absolute Gasteiger partial charge is 0.276 e. The molecule has 4 aliphatic heterocycles. The van der Waals surface area contributed by atoms with Crippen LogP contribution in [-0.2, 0) is 0 Å². The summed E-state index contributed by atoms with van der Waals surface area (Å²) in [7, 11) is 0. The summed E-state index contributed by atoms with van der Waals surface area (Å²) in [5, 5.41) is 0. The molecule has 0 aliphatic carbocycles. The van der Waals surface area contributed by atoms with Crippen LogP contribution in [0.2, 0.25) is 0 Å². The van der Waals surface area contributed by atoms with E-state index in [4.69, 9.17) is 0 Å². The van der Waals surface area contributed by atoms with Gasteiger partial charge in [0.1, 0.15) is 0 Å². The zero-order valence-corrected chi connectivity index (χ0v) is 7.19. The van der Waals surface area contributed by atoms with Gasteiger partial charge in [-0.2, -0.15) is 0 Å². The summed E-state index contributed by atoms with van der Waals surface area (Å²) < 4.78 is 0. The Hall–Kier alpha value is -0.160. The maximum atomic E-state index is 2.64. The second kappa shape index (κ2) is 1.85. The van der Waals surface area contributed by atoms with Gasteiger partial charge in [-0.05, 0) is 0 Å². The van der Waals surface area contributed by atoms with Crippen molar-refractivity contribution in [2.75, 3.05) is 39.8 Å². The number of nitrogens with zero attached hydrogens (tertiary/aromatic N) is 4. The lowest BCUT2D eigenvalue weighted by Crippen LogP contribution is -2.55. The molecule has 4 heterocycles. The molecule has 0 spiro atoms. The Morgan fingerprint density at radius 2 is 1.08 bits per heavy atom. The normalized spacial score (nSPS) is 57.0. The van der Waals surface area contributed by atoms with E-state index in [1.165, 1.54) is 39.8 Å². The zero-order valence-electron chi connectivity index (χ0n) is 7.19. The van der Waals surface area contributed by atoms with Gasteiger partial charge < -0.3 is 0 Å². The van der Waals surface area contributed by atoms with Crippen molar-refractivity contribution in [2.45, 2.75) is 12.1 Å². The van der Waals surface area contributed by atoms with E-state index in [0.29, 0.717) is 0 Å². The molecule has 4 fully saturated rings. The maximum absolute atomic E-state index is 2.64. The Morgan fingerprint density at radius 1 is 0.667 bits per heavy atom. The van der Waals surface area contributed by atoms with Crippen LogP contribution < -0.4 is 0 Å². The maximum Gasteiger partial charge on any atom is 0.0534 e. The minimum Gasteiger partial charge on any atom is -0.276 e. The molecule has 66 valence electrons. The van der Waals surface area contributed by atoms with Gasteiger partial charge in [-0.25, -0.2) is 0 Å². The SMILES string of the molecule is C1C2C3CN4CN2CN1CN3C4. The third kappa shape index (κ3) is 0.599. The number of hydrogen-bond acceptors (Lipinski definition) is 4. The highest BCUT2D eigenvalue weighted by molar-refractivity contribution is 5.04. The van der Waals surface area contributed by atoms with Crippen molar-refractivity contribution in [1.82, 2.24) is 19.6 Å². The van der Waals surface area contributed by atoms with Crippen LogP contribution in [-0.4, -0.2) is 71.4 Å². The Bertz CT molecular complexity index is 203. The van der Waals surface area contributed by atoms with Crippen molar-refractivity contribution in [3.8, 4) is 0 Å². The summed E-state index contributed by atoms with van der Waals surface area (Å²) in [4.78, 5) is 10.4. The van der Waals surface area contributed by atoms with Gasteiger partial charge in [0.05, 0.1) is 26.7 Å². The first-order valence-electron chi connectivity index (χ1n) is 4.83. The highest BCUT2D eigenvalue weighted by Crippen LogP contribution is 2.34. The Labute approximate surface area is 72.3 Å². The smallest absolute Gasteiger partial charge is 0.0534 e. The Morgan fingerprint density at radius 3 is 1.50 bits per heavy atom. The fraction of sp³-hybridized carbons (Fsp3) is 1.00. The van der Waals surface area contributed by atoms with Crippen LogP contribution in [0.15, 0.2) is 0 Å². The molecule has 4 saturated heterocycles. The van der Waals surface area contributed by atoms with Crippen LogP contribution in [0.1, 0.15) is 0 Å². The van der Waals surface area contributed by atoms with Crippen LogP contribution in [0.3, 0.4) is 0 Å². The van der Waals surface area contributed by atoms with Crippen molar-refractivity contribution < 1.29 is 0 Å². The van der Waals surface area contributed by atoms with Crippen LogP contribution in [0.25, 0.3) is 0 Å². The molecular weight excluding hydrogens is 152 g/mol. The number of hydrogen-bond donors (Lipinski definition) is 0. The first kappa shape index (κ1) is 6.32. The fourth-order valence-electron chi connectivity index (χ4n) is 3.35. The third-order valence-electron chi connectivity index (χ3n) is 3.80. The number of rotatable bonds is 0. The van der Waals surface area contributed by atoms with Crippen molar-refractivity contribution in [1.29, 1.82) is 0 Å². The molecule has 2 unspecified atom stereocenters. The predicted molar refractivity (Wildman–Crippen MR) is 44.1 cm³/mol. The zero-order chi connectivity index (χ0) is 7.71. The van der Waals surface area contributed by atoms with Gasteiger partial charge in [-0.1, -0.05) is 0 Å². The highest BCUT2D eigenvalue weighted by atomic mass is 15.6. The van der Waals surface area contributed by atoms with Crippen LogP contribution in [0.5, 0.6) is 0 Å². The van der Waals surface area contributed by atoms with E-state index in [-0.39, 0.29) is 0 Å². The van der Waals surface area contributed by atoms with Crippen LogP contribution in [0.4, 0.5) is 0 Å². The lowest BCUT2D eigenvalue weighted by molar-refractivity contribution is 0.0893. The molecule has 0 aromatic carbocycles. The third-order valence-corrected chi connectivity index (χ3v) is 3.80. The molecule has 2 atom stereocenters. The van der Waals surface area contributed by atoms with E-state index in [2.05, 4.69) is 19.6 Å². The van der Waals surface area contributed by atoms with E-state index < -0.39 is 0 Å². The summed E-state index contributed by atoms with van der Waals surface area (Å²) >= 11 is 0. The quantitative estimate of drug-likeness (QED) is 0.449. The van der Waals surface area contributed by atoms with Gasteiger partial charge >= 0.3 is 0 Å². The van der Waals surface area contributed by atoms with E-state index in [1.54, 1.807) is 0 Å². The molecule has 0 aromatic rings. The van der Waals surface area contributed by atoms with Gasteiger partial charge in [-0.3, -0.25) is 19.6 Å². The Kier molecular flexibility index (Phi) is 0.972. The molecule has 4 nitrogen and oxygen atoms in total. The van der Waals surface area contributed by atoms with E-state index in [1.807, 2.05) is 0 Å².